The third-order valence-electron chi connectivity index (χ3n) is 2.48. The van der Waals surface area contributed by atoms with E-state index in [1.807, 2.05) is 11.9 Å². The van der Waals surface area contributed by atoms with E-state index in [0.29, 0.717) is 24.5 Å². The second kappa shape index (κ2) is 6.75. The van der Waals surface area contributed by atoms with Gasteiger partial charge in [0, 0.05) is 24.8 Å². The van der Waals surface area contributed by atoms with Gasteiger partial charge in [-0.05, 0) is 33.0 Å². The fourth-order valence-electron chi connectivity index (χ4n) is 1.93. The number of anilines is 1. The Hall–Kier alpha value is -1.30. The molecule has 0 saturated heterocycles. The third kappa shape index (κ3) is 7.00. The predicted octanol–water partition coefficient (Wildman–Crippen LogP) is 0.711. The lowest BCUT2D eigenvalue weighted by molar-refractivity contribution is 0.0194. The van der Waals surface area contributed by atoms with E-state index in [2.05, 4.69) is 0 Å². The Bertz CT molecular complexity index is 391. The van der Waals surface area contributed by atoms with E-state index in [1.54, 1.807) is 38.1 Å². The highest BCUT2D eigenvalue weighted by molar-refractivity contribution is 5.43. The van der Waals surface area contributed by atoms with E-state index in [-0.39, 0.29) is 6.61 Å². The fourth-order valence-corrected chi connectivity index (χ4v) is 1.93. The molecule has 0 aliphatic rings. The van der Waals surface area contributed by atoms with Gasteiger partial charge in [-0.3, -0.25) is 0 Å². The average Bonchev–Trinajstić information content (AvgIpc) is 2.23. The minimum Gasteiger partial charge on any atom is -0.491 e. The van der Waals surface area contributed by atoms with Crippen molar-refractivity contribution in [3.63, 3.8) is 0 Å². The lowest BCUT2D eigenvalue weighted by Crippen LogP contribution is -2.41. The lowest BCUT2D eigenvalue weighted by Gasteiger charge is -2.27. The molecule has 0 aromatic heterocycles. The zero-order chi connectivity index (χ0) is 14.5. The summed E-state index contributed by atoms with van der Waals surface area (Å²) in [6.07, 6.45) is -0.617. The summed E-state index contributed by atoms with van der Waals surface area (Å²) in [4.78, 5) is 1.87. The predicted molar refractivity (Wildman–Crippen MR) is 76.2 cm³/mol. The molecule has 0 spiro atoms. The van der Waals surface area contributed by atoms with Crippen molar-refractivity contribution < 1.29 is 14.9 Å². The number of aliphatic hydroxyl groups excluding tert-OH is 1. The summed E-state index contributed by atoms with van der Waals surface area (Å²) in [6, 6.07) is 7.09. The highest BCUT2D eigenvalue weighted by Crippen LogP contribution is 2.14. The van der Waals surface area contributed by atoms with Crippen molar-refractivity contribution in [2.75, 3.05) is 32.5 Å². The number of aliphatic hydroxyl groups is 2. The van der Waals surface area contributed by atoms with Crippen LogP contribution >= 0.6 is 0 Å². The van der Waals surface area contributed by atoms with Crippen LogP contribution < -0.4 is 10.5 Å². The molecule has 0 aliphatic heterocycles. The summed E-state index contributed by atoms with van der Waals surface area (Å²) in [5.74, 6) is 0.643. The molecule has 1 aromatic rings. The minimum absolute atomic E-state index is 0.194. The van der Waals surface area contributed by atoms with Gasteiger partial charge in [0.15, 0.2) is 0 Å². The van der Waals surface area contributed by atoms with Crippen LogP contribution in [0.2, 0.25) is 0 Å². The zero-order valence-electron chi connectivity index (χ0n) is 11.8. The molecule has 1 aromatic carbocycles. The highest BCUT2D eigenvalue weighted by atomic mass is 16.5. The topological polar surface area (TPSA) is 79.0 Å². The van der Waals surface area contributed by atoms with E-state index in [0.717, 1.165) is 0 Å². The number of likely N-dealkylation sites (N-methyl/N-ethyl adjacent to an activating group) is 1. The van der Waals surface area contributed by atoms with Crippen molar-refractivity contribution >= 4 is 5.69 Å². The van der Waals surface area contributed by atoms with E-state index in [1.165, 1.54) is 0 Å². The number of nitrogens with two attached hydrogens (primary N) is 1. The van der Waals surface area contributed by atoms with Crippen LogP contribution in [0.4, 0.5) is 5.69 Å². The van der Waals surface area contributed by atoms with E-state index < -0.39 is 11.7 Å². The van der Waals surface area contributed by atoms with Gasteiger partial charge in [0.1, 0.15) is 18.5 Å². The van der Waals surface area contributed by atoms with Gasteiger partial charge < -0.3 is 25.6 Å². The Balaban J connectivity index is 2.33. The SMILES string of the molecule is CN(CC(O)COc1cccc(N)c1)CC(C)(C)O. The second-order valence-corrected chi connectivity index (χ2v) is 5.55. The van der Waals surface area contributed by atoms with Gasteiger partial charge in [0.2, 0.25) is 0 Å². The maximum Gasteiger partial charge on any atom is 0.121 e. The first-order valence-electron chi connectivity index (χ1n) is 6.33. The number of nitrogen functional groups attached to an aromatic ring is 1. The second-order valence-electron chi connectivity index (χ2n) is 5.55. The number of nitrogens with zero attached hydrogens (tertiary/aromatic N) is 1. The monoisotopic (exact) mass is 268 g/mol. The normalized spacial score (nSPS) is 13.6. The fraction of sp³-hybridized carbons (Fsp3) is 0.571. The van der Waals surface area contributed by atoms with Crippen LogP contribution in [0.5, 0.6) is 5.75 Å². The van der Waals surface area contributed by atoms with E-state index >= 15 is 0 Å². The molecule has 1 unspecified atom stereocenters. The van der Waals surface area contributed by atoms with Crippen LogP contribution in [0.25, 0.3) is 0 Å². The zero-order valence-corrected chi connectivity index (χ0v) is 11.8. The summed E-state index contributed by atoms with van der Waals surface area (Å²) >= 11 is 0. The molecule has 0 fully saturated rings. The summed E-state index contributed by atoms with van der Waals surface area (Å²) in [5.41, 5.74) is 5.49. The first-order valence-corrected chi connectivity index (χ1v) is 6.33. The summed E-state index contributed by atoms with van der Waals surface area (Å²) in [7, 11) is 1.85. The Labute approximate surface area is 114 Å². The van der Waals surface area contributed by atoms with Crippen LogP contribution in [-0.4, -0.2) is 53.6 Å². The number of benzene rings is 1. The third-order valence-corrected chi connectivity index (χ3v) is 2.48. The Morgan fingerprint density at radius 2 is 2.11 bits per heavy atom. The standard InChI is InChI=1S/C14H24N2O3/c1-14(2,18)10-16(3)8-12(17)9-19-13-6-4-5-11(15)7-13/h4-7,12,17-18H,8-10,15H2,1-3H3. The number of hydrogen-bond acceptors (Lipinski definition) is 5. The summed E-state index contributed by atoms with van der Waals surface area (Å²) < 4.78 is 5.46. The van der Waals surface area contributed by atoms with Gasteiger partial charge in [-0.2, -0.15) is 0 Å². The highest BCUT2D eigenvalue weighted by Gasteiger charge is 2.17. The van der Waals surface area contributed by atoms with Gasteiger partial charge >= 0.3 is 0 Å². The van der Waals surface area contributed by atoms with Crippen molar-refractivity contribution in [2.45, 2.75) is 25.6 Å². The average molecular weight is 268 g/mol. The minimum atomic E-state index is -0.775. The Kier molecular flexibility index (Phi) is 5.60. The van der Waals surface area contributed by atoms with Crippen LogP contribution in [-0.2, 0) is 0 Å². The number of rotatable bonds is 7. The molecule has 0 amide bonds. The largest absolute Gasteiger partial charge is 0.491 e. The molecule has 0 heterocycles. The van der Waals surface area contributed by atoms with Gasteiger partial charge in [0.25, 0.3) is 0 Å². The molecule has 108 valence electrons. The Morgan fingerprint density at radius 3 is 2.68 bits per heavy atom. The number of hydrogen-bond donors (Lipinski definition) is 3. The van der Waals surface area contributed by atoms with Gasteiger partial charge in [-0.15, -0.1) is 0 Å². The molecule has 19 heavy (non-hydrogen) atoms. The molecular weight excluding hydrogens is 244 g/mol. The van der Waals surface area contributed by atoms with Gasteiger partial charge in [-0.1, -0.05) is 6.07 Å². The molecule has 0 bridgehead atoms. The molecule has 5 heteroatoms. The molecule has 1 atom stereocenters. The van der Waals surface area contributed by atoms with Crippen LogP contribution in [0, 0.1) is 0 Å². The Morgan fingerprint density at radius 1 is 1.42 bits per heavy atom. The number of ether oxygens (including phenoxy) is 1. The van der Waals surface area contributed by atoms with E-state index in [4.69, 9.17) is 10.5 Å². The van der Waals surface area contributed by atoms with Crippen LogP contribution in [0.15, 0.2) is 24.3 Å². The summed E-state index contributed by atoms with van der Waals surface area (Å²) in [5, 5.41) is 19.5. The van der Waals surface area contributed by atoms with E-state index in [9.17, 15) is 10.2 Å². The van der Waals surface area contributed by atoms with Crippen molar-refractivity contribution in [1.29, 1.82) is 0 Å². The van der Waals surface area contributed by atoms with Crippen molar-refractivity contribution in [2.24, 2.45) is 0 Å². The van der Waals surface area contributed by atoms with Gasteiger partial charge in [0.05, 0.1) is 5.60 Å². The molecule has 5 nitrogen and oxygen atoms in total. The molecule has 0 saturated carbocycles. The van der Waals surface area contributed by atoms with Crippen molar-refractivity contribution in [3.05, 3.63) is 24.3 Å². The van der Waals surface area contributed by atoms with Gasteiger partial charge in [-0.25, -0.2) is 0 Å². The summed E-state index contributed by atoms with van der Waals surface area (Å²) in [6.45, 7) is 4.59. The quantitative estimate of drug-likeness (QED) is 0.635. The van der Waals surface area contributed by atoms with Crippen LogP contribution in [0.3, 0.4) is 0 Å². The maximum absolute atomic E-state index is 9.87. The molecule has 0 radical (unpaired) electrons. The maximum atomic E-state index is 9.87. The molecule has 1 rings (SSSR count). The molecular formula is C14H24N2O3. The van der Waals surface area contributed by atoms with Crippen LogP contribution in [0.1, 0.15) is 13.8 Å². The van der Waals surface area contributed by atoms with Crippen molar-refractivity contribution in [3.8, 4) is 5.75 Å². The first-order chi connectivity index (χ1) is 8.76. The molecule has 0 aliphatic carbocycles. The first kappa shape index (κ1) is 15.8. The lowest BCUT2D eigenvalue weighted by atomic mass is 10.1. The molecule has 4 N–H and O–H groups in total. The van der Waals surface area contributed by atoms with Crippen molar-refractivity contribution in [1.82, 2.24) is 4.90 Å². The smallest absolute Gasteiger partial charge is 0.121 e.